The summed E-state index contributed by atoms with van der Waals surface area (Å²) in [6.07, 6.45) is 1.52. The van der Waals surface area contributed by atoms with Crippen LogP contribution in [0.4, 0.5) is 14.5 Å². The standard InChI is InChI=1S/C25H16F2N2O3/c26-14-6-5-7-15(12-14)29-22(17-9-1-3-10-19(17)27)21(24(31)25(29)32)23(30)18-13-28-20-11-4-2-8-16(18)20/h1-13,22,28,30H/b23-21+. The number of H-pyrrole nitrogens is 1. The quantitative estimate of drug-likeness (QED) is 0.271. The topological polar surface area (TPSA) is 73.4 Å². The van der Waals surface area contributed by atoms with Gasteiger partial charge in [0.15, 0.2) is 0 Å². The number of nitrogens with zero attached hydrogens (tertiary/aromatic N) is 1. The Morgan fingerprint density at radius 1 is 0.938 bits per heavy atom. The van der Waals surface area contributed by atoms with Crippen LogP contribution in [0, 0.1) is 11.6 Å². The van der Waals surface area contributed by atoms with E-state index < -0.39 is 35.1 Å². The number of carbonyl (C=O) groups excluding carboxylic acids is 2. The number of benzene rings is 3. The number of para-hydroxylation sites is 1. The summed E-state index contributed by atoms with van der Waals surface area (Å²) in [5.74, 6) is -3.68. The Morgan fingerprint density at radius 2 is 1.69 bits per heavy atom. The van der Waals surface area contributed by atoms with Crippen LogP contribution in [0.2, 0.25) is 0 Å². The van der Waals surface area contributed by atoms with E-state index in [1.165, 1.54) is 42.6 Å². The maximum atomic E-state index is 14.9. The van der Waals surface area contributed by atoms with Crippen molar-refractivity contribution >= 4 is 34.0 Å². The minimum absolute atomic E-state index is 0.0114. The SMILES string of the molecule is O=C1C(=O)N(c2cccc(F)c2)C(c2ccccc2F)/C1=C(\O)c1c[nH]c2ccccc12. The molecule has 1 aliphatic heterocycles. The van der Waals surface area contributed by atoms with E-state index in [0.717, 1.165) is 16.5 Å². The molecule has 3 aromatic carbocycles. The highest BCUT2D eigenvalue weighted by molar-refractivity contribution is 6.51. The van der Waals surface area contributed by atoms with Crippen LogP contribution in [0.15, 0.2) is 84.6 Å². The minimum atomic E-state index is -1.27. The number of anilines is 1. The maximum absolute atomic E-state index is 14.9. The van der Waals surface area contributed by atoms with Gasteiger partial charge in [0.1, 0.15) is 17.4 Å². The molecular formula is C25H16F2N2O3. The average Bonchev–Trinajstić information content (AvgIpc) is 3.33. The van der Waals surface area contributed by atoms with Crippen LogP contribution in [-0.4, -0.2) is 21.8 Å². The second-order valence-corrected chi connectivity index (χ2v) is 7.42. The first-order valence-corrected chi connectivity index (χ1v) is 9.85. The zero-order valence-electron chi connectivity index (χ0n) is 16.5. The average molecular weight is 430 g/mol. The number of ketones is 1. The number of hydrogen-bond acceptors (Lipinski definition) is 3. The number of amides is 1. The van der Waals surface area contributed by atoms with Gasteiger partial charge >= 0.3 is 0 Å². The third-order valence-electron chi connectivity index (χ3n) is 5.57. The molecule has 2 N–H and O–H groups in total. The van der Waals surface area contributed by atoms with E-state index >= 15 is 0 Å². The lowest BCUT2D eigenvalue weighted by molar-refractivity contribution is -0.132. The maximum Gasteiger partial charge on any atom is 0.300 e. The molecule has 1 unspecified atom stereocenters. The number of aliphatic hydroxyl groups excluding tert-OH is 1. The van der Waals surface area contributed by atoms with Crippen LogP contribution >= 0.6 is 0 Å². The van der Waals surface area contributed by atoms with Gasteiger partial charge in [-0.3, -0.25) is 14.5 Å². The molecule has 2 heterocycles. The van der Waals surface area contributed by atoms with Gasteiger partial charge in [0.2, 0.25) is 0 Å². The number of fused-ring (bicyclic) bond motifs is 1. The van der Waals surface area contributed by atoms with Crippen molar-refractivity contribution in [1.29, 1.82) is 0 Å². The van der Waals surface area contributed by atoms with Crippen molar-refractivity contribution in [2.45, 2.75) is 6.04 Å². The number of halogens is 2. The molecule has 158 valence electrons. The molecule has 0 radical (unpaired) electrons. The summed E-state index contributed by atoms with van der Waals surface area (Å²) in [5, 5.41) is 11.8. The van der Waals surface area contributed by atoms with Crippen molar-refractivity contribution < 1.29 is 23.5 Å². The van der Waals surface area contributed by atoms with Crippen LogP contribution in [0.3, 0.4) is 0 Å². The van der Waals surface area contributed by atoms with Gasteiger partial charge < -0.3 is 10.1 Å². The van der Waals surface area contributed by atoms with Crippen LogP contribution < -0.4 is 4.90 Å². The van der Waals surface area contributed by atoms with Crippen molar-refractivity contribution in [1.82, 2.24) is 4.98 Å². The van der Waals surface area contributed by atoms with Crippen molar-refractivity contribution in [2.75, 3.05) is 4.90 Å². The molecule has 1 fully saturated rings. The van der Waals surface area contributed by atoms with E-state index in [4.69, 9.17) is 0 Å². The first-order valence-electron chi connectivity index (χ1n) is 9.85. The van der Waals surface area contributed by atoms with Crippen LogP contribution in [0.1, 0.15) is 17.2 Å². The number of aliphatic hydroxyl groups is 1. The fourth-order valence-corrected chi connectivity index (χ4v) is 4.13. The number of aromatic amines is 1. The monoisotopic (exact) mass is 430 g/mol. The van der Waals surface area contributed by atoms with Crippen LogP contribution in [0.25, 0.3) is 16.7 Å². The smallest absolute Gasteiger partial charge is 0.300 e. The van der Waals surface area contributed by atoms with E-state index in [0.29, 0.717) is 10.9 Å². The van der Waals surface area contributed by atoms with Crippen molar-refractivity contribution in [3.8, 4) is 0 Å². The summed E-state index contributed by atoms with van der Waals surface area (Å²) in [6, 6.07) is 16.7. The Kier molecular flexibility index (Phi) is 4.59. The van der Waals surface area contributed by atoms with Gasteiger partial charge in [0.25, 0.3) is 11.7 Å². The largest absolute Gasteiger partial charge is 0.507 e. The summed E-state index contributed by atoms with van der Waals surface area (Å²) in [7, 11) is 0. The number of Topliss-reactive ketones (excluding diaryl/α,β-unsaturated/α-hetero) is 1. The number of rotatable bonds is 3. The van der Waals surface area contributed by atoms with Crippen LogP contribution in [0.5, 0.6) is 0 Å². The summed E-state index contributed by atoms with van der Waals surface area (Å²) in [6.45, 7) is 0. The van der Waals surface area contributed by atoms with Gasteiger partial charge in [0, 0.05) is 33.9 Å². The molecule has 1 saturated heterocycles. The molecular weight excluding hydrogens is 414 g/mol. The minimum Gasteiger partial charge on any atom is -0.507 e. The summed E-state index contributed by atoms with van der Waals surface area (Å²) in [4.78, 5) is 30.2. The highest BCUT2D eigenvalue weighted by atomic mass is 19.1. The fraction of sp³-hybridized carbons (Fsp3) is 0.0400. The van der Waals surface area contributed by atoms with E-state index in [1.54, 1.807) is 24.3 Å². The van der Waals surface area contributed by atoms with E-state index in [2.05, 4.69) is 4.98 Å². The zero-order chi connectivity index (χ0) is 22.4. The lowest BCUT2D eigenvalue weighted by atomic mass is 9.94. The number of aromatic nitrogens is 1. The molecule has 5 nitrogen and oxygen atoms in total. The molecule has 0 bridgehead atoms. The first-order chi connectivity index (χ1) is 15.5. The molecule has 5 rings (SSSR count). The van der Waals surface area contributed by atoms with Gasteiger partial charge in [-0.25, -0.2) is 8.78 Å². The third kappa shape index (κ3) is 2.98. The van der Waals surface area contributed by atoms with Gasteiger partial charge in [0.05, 0.1) is 11.6 Å². The predicted octanol–water partition coefficient (Wildman–Crippen LogP) is 5.07. The van der Waals surface area contributed by atoms with Crippen LogP contribution in [-0.2, 0) is 9.59 Å². The lowest BCUT2D eigenvalue weighted by Crippen LogP contribution is -2.30. The van der Waals surface area contributed by atoms with E-state index in [9.17, 15) is 23.5 Å². The van der Waals surface area contributed by atoms with Crippen molar-refractivity contribution in [3.63, 3.8) is 0 Å². The number of carbonyl (C=O) groups is 2. The Morgan fingerprint density at radius 3 is 2.47 bits per heavy atom. The molecule has 1 aliphatic rings. The van der Waals surface area contributed by atoms with Gasteiger partial charge in [-0.2, -0.15) is 0 Å². The number of nitrogens with one attached hydrogen (secondary N) is 1. The fourth-order valence-electron chi connectivity index (χ4n) is 4.13. The lowest BCUT2D eigenvalue weighted by Gasteiger charge is -2.25. The summed E-state index contributed by atoms with van der Waals surface area (Å²) in [5.41, 5.74) is 0.847. The second-order valence-electron chi connectivity index (χ2n) is 7.42. The third-order valence-corrected chi connectivity index (χ3v) is 5.57. The molecule has 0 spiro atoms. The summed E-state index contributed by atoms with van der Waals surface area (Å²) < 4.78 is 28.8. The van der Waals surface area contributed by atoms with Gasteiger partial charge in [-0.15, -0.1) is 0 Å². The van der Waals surface area contributed by atoms with Crippen molar-refractivity contribution in [3.05, 3.63) is 107 Å². The normalized spacial score (nSPS) is 17.9. The Labute approximate surface area is 181 Å². The zero-order valence-corrected chi connectivity index (χ0v) is 16.5. The van der Waals surface area contributed by atoms with Crippen molar-refractivity contribution in [2.24, 2.45) is 0 Å². The molecule has 0 saturated carbocycles. The number of hydrogen-bond donors (Lipinski definition) is 2. The van der Waals surface area contributed by atoms with Gasteiger partial charge in [-0.1, -0.05) is 42.5 Å². The molecule has 0 aliphatic carbocycles. The Hall–Kier alpha value is -4.26. The van der Waals surface area contributed by atoms with Gasteiger partial charge in [-0.05, 0) is 30.3 Å². The van der Waals surface area contributed by atoms with E-state index in [-0.39, 0.29) is 16.8 Å². The highest BCUT2D eigenvalue weighted by Crippen LogP contribution is 2.43. The molecule has 1 aromatic heterocycles. The Bertz CT molecular complexity index is 1420. The molecule has 32 heavy (non-hydrogen) atoms. The second kappa shape index (κ2) is 7.46. The molecule has 4 aromatic rings. The summed E-state index contributed by atoms with van der Waals surface area (Å²) >= 11 is 0. The highest BCUT2D eigenvalue weighted by Gasteiger charge is 2.48. The molecule has 1 amide bonds. The molecule has 1 atom stereocenters. The predicted molar refractivity (Wildman–Crippen MR) is 116 cm³/mol. The molecule has 7 heteroatoms. The Balaban J connectivity index is 1.79. The first kappa shape index (κ1) is 19.7. The van der Waals surface area contributed by atoms with E-state index in [1.807, 2.05) is 6.07 Å².